The predicted octanol–water partition coefficient (Wildman–Crippen LogP) is 9.33. The van der Waals surface area contributed by atoms with Crippen molar-refractivity contribution in [2.75, 3.05) is 0 Å². The maximum atomic E-state index is 14.7. The number of hydrogen-bond donors (Lipinski definition) is 0. The number of rotatable bonds is 14. The highest BCUT2D eigenvalue weighted by Gasteiger charge is 2.21. The first-order chi connectivity index (χ1) is 18.0. The number of hydrogen-bond acceptors (Lipinski definition) is 3. The molecule has 1 fully saturated rings. The lowest BCUT2D eigenvalue weighted by molar-refractivity contribution is 0.0729. The fourth-order valence-electron chi connectivity index (χ4n) is 5.44. The zero-order valence-electron chi connectivity index (χ0n) is 22.2. The van der Waals surface area contributed by atoms with Gasteiger partial charge in [0.25, 0.3) is 0 Å². The van der Waals surface area contributed by atoms with Crippen LogP contribution < -0.4 is 4.74 Å². The third kappa shape index (κ3) is 9.58. The summed E-state index contributed by atoms with van der Waals surface area (Å²) in [5.74, 6) is -0.806. The van der Waals surface area contributed by atoms with Gasteiger partial charge < -0.3 is 4.74 Å². The van der Waals surface area contributed by atoms with E-state index in [0.717, 1.165) is 30.4 Å². The third-order valence-electron chi connectivity index (χ3n) is 7.80. The zero-order chi connectivity index (χ0) is 26.5. The number of carbonyl (C=O) groups is 1. The van der Waals surface area contributed by atoms with Gasteiger partial charge in [-0.2, -0.15) is 5.26 Å². The molecule has 0 amide bonds. The number of ether oxygens (including phenoxy) is 1. The van der Waals surface area contributed by atoms with E-state index in [1.54, 1.807) is 12.1 Å². The van der Waals surface area contributed by atoms with Crippen molar-refractivity contribution in [3.05, 3.63) is 64.7 Å². The average molecular weight is 510 g/mol. The van der Waals surface area contributed by atoms with Crippen molar-refractivity contribution in [2.45, 2.75) is 103 Å². The monoisotopic (exact) mass is 509 g/mol. The molecule has 0 aliphatic heterocycles. The van der Waals surface area contributed by atoms with E-state index in [9.17, 15) is 13.6 Å². The van der Waals surface area contributed by atoms with Crippen LogP contribution in [0.3, 0.4) is 0 Å². The van der Waals surface area contributed by atoms with Crippen molar-refractivity contribution in [1.82, 2.24) is 0 Å². The van der Waals surface area contributed by atoms with Crippen molar-refractivity contribution in [1.29, 1.82) is 5.26 Å². The summed E-state index contributed by atoms with van der Waals surface area (Å²) < 4.78 is 33.5. The van der Waals surface area contributed by atoms with E-state index in [2.05, 4.69) is 6.92 Å². The minimum Gasteiger partial charge on any atom is -0.423 e. The van der Waals surface area contributed by atoms with Crippen LogP contribution in [-0.2, 0) is 6.42 Å². The van der Waals surface area contributed by atoms with Gasteiger partial charge in [-0.05, 0) is 54.5 Å². The highest BCUT2D eigenvalue weighted by Crippen LogP contribution is 2.34. The van der Waals surface area contributed by atoms with E-state index >= 15 is 0 Å². The smallest absolute Gasteiger partial charge is 0.346 e. The topological polar surface area (TPSA) is 50.1 Å². The molecule has 1 saturated carbocycles. The molecular weight excluding hydrogens is 468 g/mol. The van der Waals surface area contributed by atoms with Gasteiger partial charge in [0, 0.05) is 6.07 Å². The number of halogens is 2. The molecular formula is C32H41F2NO2. The van der Waals surface area contributed by atoms with Gasteiger partial charge in [0.2, 0.25) is 0 Å². The number of unbranched alkanes of at least 4 members (excludes halogenated alkanes) is 7. The van der Waals surface area contributed by atoms with Gasteiger partial charge in [0.15, 0.2) is 0 Å². The summed E-state index contributed by atoms with van der Waals surface area (Å²) in [6.07, 6.45) is 19.4. The van der Waals surface area contributed by atoms with E-state index < -0.39 is 17.6 Å². The Hall–Kier alpha value is -2.74. The highest BCUT2D eigenvalue weighted by molar-refractivity contribution is 5.91. The summed E-state index contributed by atoms with van der Waals surface area (Å²) in [6.45, 7) is 2.26. The Labute approximate surface area is 221 Å². The van der Waals surface area contributed by atoms with E-state index in [-0.39, 0.29) is 16.9 Å². The van der Waals surface area contributed by atoms with E-state index in [1.807, 2.05) is 0 Å². The number of benzene rings is 2. The number of esters is 1. The number of aryl methyl sites for hydroxylation is 1. The Kier molecular flexibility index (Phi) is 12.1. The molecule has 2 aromatic rings. The van der Waals surface area contributed by atoms with Crippen molar-refractivity contribution in [3.63, 3.8) is 0 Å². The molecule has 1 aliphatic carbocycles. The lowest BCUT2D eigenvalue weighted by atomic mass is 9.77. The van der Waals surface area contributed by atoms with E-state index in [4.69, 9.17) is 10.00 Å². The molecule has 0 saturated heterocycles. The van der Waals surface area contributed by atoms with Crippen LogP contribution in [0.25, 0.3) is 0 Å². The standard InChI is InChI=1S/C32H41F2NO2/c1-2-3-4-5-6-7-8-9-10-24-11-13-25(14-12-24)15-16-26-17-20-29(31(34)21-26)32(36)37-28-19-18-27(23-35)30(33)22-28/h17-22,24-25H,2-16H2,1H3. The van der Waals surface area contributed by atoms with Crippen LogP contribution in [0, 0.1) is 34.8 Å². The van der Waals surface area contributed by atoms with Crippen molar-refractivity contribution in [3.8, 4) is 11.8 Å². The zero-order valence-corrected chi connectivity index (χ0v) is 22.2. The molecule has 37 heavy (non-hydrogen) atoms. The third-order valence-corrected chi connectivity index (χ3v) is 7.80. The maximum Gasteiger partial charge on any atom is 0.346 e. The van der Waals surface area contributed by atoms with Gasteiger partial charge in [-0.1, -0.05) is 96.5 Å². The second-order valence-electron chi connectivity index (χ2n) is 10.6. The van der Waals surface area contributed by atoms with Crippen LogP contribution in [0.2, 0.25) is 0 Å². The fraction of sp³-hybridized carbons (Fsp3) is 0.562. The first-order valence-electron chi connectivity index (χ1n) is 14.2. The van der Waals surface area contributed by atoms with Crippen LogP contribution in [0.15, 0.2) is 36.4 Å². The molecule has 3 rings (SSSR count). The normalized spacial score (nSPS) is 17.4. The summed E-state index contributed by atoms with van der Waals surface area (Å²) in [7, 11) is 0. The van der Waals surface area contributed by atoms with Crippen LogP contribution >= 0.6 is 0 Å². The fourth-order valence-corrected chi connectivity index (χ4v) is 5.44. The molecule has 0 spiro atoms. The summed E-state index contributed by atoms with van der Waals surface area (Å²) >= 11 is 0. The Morgan fingerprint density at radius 3 is 2.14 bits per heavy atom. The molecule has 0 aromatic heterocycles. The quantitative estimate of drug-likeness (QED) is 0.145. The van der Waals surface area contributed by atoms with Crippen LogP contribution in [0.4, 0.5) is 8.78 Å². The molecule has 0 unspecified atom stereocenters. The summed E-state index contributed by atoms with van der Waals surface area (Å²) in [6, 6.07) is 9.81. The van der Waals surface area contributed by atoms with Gasteiger partial charge in [-0.3, -0.25) is 0 Å². The number of nitriles is 1. The van der Waals surface area contributed by atoms with Crippen LogP contribution in [-0.4, -0.2) is 5.97 Å². The van der Waals surface area contributed by atoms with E-state index in [0.29, 0.717) is 5.92 Å². The lowest BCUT2D eigenvalue weighted by Gasteiger charge is -2.28. The average Bonchev–Trinajstić information content (AvgIpc) is 2.90. The predicted molar refractivity (Wildman–Crippen MR) is 143 cm³/mol. The Morgan fingerprint density at radius 2 is 1.51 bits per heavy atom. The van der Waals surface area contributed by atoms with Gasteiger partial charge in [-0.15, -0.1) is 0 Å². The summed E-state index contributed by atoms with van der Waals surface area (Å²) in [5.41, 5.74) is 0.543. The van der Waals surface area contributed by atoms with Gasteiger partial charge >= 0.3 is 5.97 Å². The largest absolute Gasteiger partial charge is 0.423 e. The van der Waals surface area contributed by atoms with Gasteiger partial charge in [0.1, 0.15) is 23.5 Å². The lowest BCUT2D eigenvalue weighted by Crippen LogP contribution is -2.15. The number of carbonyl (C=O) groups excluding carboxylic acids is 1. The van der Waals surface area contributed by atoms with Gasteiger partial charge in [0.05, 0.1) is 11.1 Å². The molecule has 0 N–H and O–H groups in total. The van der Waals surface area contributed by atoms with E-state index in [1.165, 1.54) is 108 Å². The van der Waals surface area contributed by atoms with Gasteiger partial charge in [-0.25, -0.2) is 13.6 Å². The minimum absolute atomic E-state index is 0.0667. The first kappa shape index (κ1) is 28.8. The molecule has 0 atom stereocenters. The molecule has 3 nitrogen and oxygen atoms in total. The Balaban J connectivity index is 1.35. The maximum absolute atomic E-state index is 14.7. The molecule has 1 aliphatic rings. The molecule has 5 heteroatoms. The van der Waals surface area contributed by atoms with Crippen molar-refractivity contribution in [2.24, 2.45) is 11.8 Å². The van der Waals surface area contributed by atoms with Crippen molar-refractivity contribution >= 4 is 5.97 Å². The molecule has 200 valence electrons. The summed E-state index contributed by atoms with van der Waals surface area (Å²) in [5, 5.41) is 8.80. The second-order valence-corrected chi connectivity index (χ2v) is 10.6. The first-order valence-corrected chi connectivity index (χ1v) is 14.2. The van der Waals surface area contributed by atoms with Crippen LogP contribution in [0.5, 0.6) is 5.75 Å². The second kappa shape index (κ2) is 15.5. The Bertz CT molecular complexity index is 1040. The molecule has 0 bridgehead atoms. The molecule has 0 heterocycles. The minimum atomic E-state index is -0.886. The van der Waals surface area contributed by atoms with Crippen molar-refractivity contribution < 1.29 is 18.3 Å². The summed E-state index contributed by atoms with van der Waals surface area (Å²) in [4.78, 5) is 12.4. The SMILES string of the molecule is CCCCCCCCCCC1CCC(CCc2ccc(C(=O)Oc3ccc(C#N)c(F)c3)c(F)c2)CC1. The van der Waals surface area contributed by atoms with Crippen LogP contribution in [0.1, 0.15) is 118 Å². The Morgan fingerprint density at radius 1 is 0.865 bits per heavy atom. The molecule has 2 aromatic carbocycles. The molecule has 0 radical (unpaired) electrons. The highest BCUT2D eigenvalue weighted by atomic mass is 19.1. The number of nitrogens with zero attached hydrogens (tertiary/aromatic N) is 1.